The number of benzene rings is 1. The van der Waals surface area contributed by atoms with Gasteiger partial charge < -0.3 is 10.1 Å². The monoisotopic (exact) mass is 242 g/mol. The van der Waals surface area contributed by atoms with E-state index in [0.717, 1.165) is 29.2 Å². The zero-order chi connectivity index (χ0) is 12.4. The van der Waals surface area contributed by atoms with Crippen LogP contribution in [0.1, 0.15) is 19.8 Å². The average Bonchev–Trinajstić information content (AvgIpc) is 3.21. The molecule has 1 aromatic carbocycles. The fraction of sp³-hybridized carbons (Fsp3) is 0.400. The Morgan fingerprint density at radius 1 is 1.33 bits per heavy atom. The molecule has 3 rings (SSSR count). The van der Waals surface area contributed by atoms with Gasteiger partial charge in [-0.05, 0) is 44.0 Å². The lowest BCUT2D eigenvalue weighted by molar-refractivity contribution is 0.219. The first-order valence-electron chi connectivity index (χ1n) is 6.57. The van der Waals surface area contributed by atoms with Gasteiger partial charge in [0.05, 0.1) is 5.52 Å². The Morgan fingerprint density at radius 3 is 3.06 bits per heavy atom. The molecule has 0 bridgehead atoms. The van der Waals surface area contributed by atoms with Gasteiger partial charge in [-0.1, -0.05) is 6.07 Å². The summed E-state index contributed by atoms with van der Waals surface area (Å²) in [4.78, 5) is 4.34. The minimum Gasteiger partial charge on any atom is -0.489 e. The molecule has 1 N–H and O–H groups in total. The largest absolute Gasteiger partial charge is 0.489 e. The van der Waals surface area contributed by atoms with E-state index in [0.29, 0.717) is 0 Å². The van der Waals surface area contributed by atoms with Gasteiger partial charge >= 0.3 is 0 Å². The molecule has 1 heterocycles. The van der Waals surface area contributed by atoms with E-state index in [1.165, 1.54) is 12.8 Å². The van der Waals surface area contributed by atoms with Crippen molar-refractivity contribution < 1.29 is 4.74 Å². The molecule has 3 nitrogen and oxygen atoms in total. The van der Waals surface area contributed by atoms with Crippen molar-refractivity contribution in [2.45, 2.75) is 31.9 Å². The lowest BCUT2D eigenvalue weighted by Crippen LogP contribution is -2.30. The molecule has 0 spiro atoms. The fourth-order valence-electron chi connectivity index (χ4n) is 2.06. The maximum absolute atomic E-state index is 6.00. The van der Waals surface area contributed by atoms with Crippen LogP contribution in [0.5, 0.6) is 5.75 Å². The molecule has 1 aliphatic rings. The Balaban J connectivity index is 1.72. The molecule has 18 heavy (non-hydrogen) atoms. The summed E-state index contributed by atoms with van der Waals surface area (Å²) in [5, 5.41) is 4.57. The Morgan fingerprint density at radius 2 is 2.22 bits per heavy atom. The molecular formula is C15H18N2O. The molecule has 1 fully saturated rings. The molecule has 1 saturated carbocycles. The number of pyridine rings is 1. The van der Waals surface area contributed by atoms with Gasteiger partial charge in [-0.3, -0.25) is 4.98 Å². The third-order valence-electron chi connectivity index (χ3n) is 3.21. The van der Waals surface area contributed by atoms with Gasteiger partial charge in [0.25, 0.3) is 0 Å². The minimum atomic E-state index is 0.177. The summed E-state index contributed by atoms with van der Waals surface area (Å²) in [7, 11) is 0. The fourth-order valence-corrected chi connectivity index (χ4v) is 2.06. The molecule has 1 atom stereocenters. The highest BCUT2D eigenvalue weighted by molar-refractivity contribution is 5.84. The van der Waals surface area contributed by atoms with Gasteiger partial charge in [-0.25, -0.2) is 0 Å². The zero-order valence-electron chi connectivity index (χ0n) is 10.6. The van der Waals surface area contributed by atoms with Crippen LogP contribution in [0.4, 0.5) is 0 Å². The first-order valence-corrected chi connectivity index (χ1v) is 6.57. The number of nitrogens with zero attached hydrogens (tertiary/aromatic N) is 1. The topological polar surface area (TPSA) is 34.1 Å². The summed E-state index contributed by atoms with van der Waals surface area (Å²) < 4.78 is 6.00. The average molecular weight is 242 g/mol. The second-order valence-corrected chi connectivity index (χ2v) is 4.94. The van der Waals surface area contributed by atoms with E-state index in [-0.39, 0.29) is 6.10 Å². The van der Waals surface area contributed by atoms with Crippen molar-refractivity contribution in [2.24, 2.45) is 0 Å². The smallest absolute Gasteiger partial charge is 0.129 e. The normalized spacial score (nSPS) is 16.7. The molecule has 2 aromatic rings. The summed E-state index contributed by atoms with van der Waals surface area (Å²) >= 11 is 0. The Hall–Kier alpha value is -1.61. The van der Waals surface area contributed by atoms with Crippen molar-refractivity contribution in [2.75, 3.05) is 6.54 Å². The summed E-state index contributed by atoms with van der Waals surface area (Å²) in [6, 6.07) is 10.7. The SMILES string of the molecule is CC(CNC1CC1)Oc1cccc2ncccc12. The quantitative estimate of drug-likeness (QED) is 0.875. The first kappa shape index (κ1) is 11.5. The van der Waals surface area contributed by atoms with Crippen molar-refractivity contribution in [1.82, 2.24) is 10.3 Å². The van der Waals surface area contributed by atoms with Crippen molar-refractivity contribution >= 4 is 10.9 Å². The molecule has 1 unspecified atom stereocenters. The van der Waals surface area contributed by atoms with Gasteiger partial charge in [0.15, 0.2) is 0 Å². The zero-order valence-corrected chi connectivity index (χ0v) is 10.6. The van der Waals surface area contributed by atoms with Gasteiger partial charge in [0.2, 0.25) is 0 Å². The van der Waals surface area contributed by atoms with Crippen molar-refractivity contribution in [3.05, 3.63) is 36.5 Å². The van der Waals surface area contributed by atoms with Crippen LogP contribution in [0.25, 0.3) is 10.9 Å². The van der Waals surface area contributed by atoms with Crippen LogP contribution in [-0.2, 0) is 0 Å². The van der Waals surface area contributed by atoms with E-state index in [1.54, 1.807) is 0 Å². The van der Waals surface area contributed by atoms with Gasteiger partial charge in [0.1, 0.15) is 11.9 Å². The highest BCUT2D eigenvalue weighted by Crippen LogP contribution is 2.25. The standard InChI is InChI=1S/C15H18N2O/c1-11(10-17-12-7-8-12)18-15-6-2-5-14-13(15)4-3-9-16-14/h2-6,9,11-12,17H,7-8,10H2,1H3. The van der Waals surface area contributed by atoms with Gasteiger partial charge in [-0.15, -0.1) is 0 Å². The highest BCUT2D eigenvalue weighted by atomic mass is 16.5. The Kier molecular flexibility index (Phi) is 3.15. The van der Waals surface area contributed by atoms with Gasteiger partial charge in [-0.2, -0.15) is 0 Å². The second-order valence-electron chi connectivity index (χ2n) is 4.94. The molecule has 94 valence electrons. The van der Waals surface area contributed by atoms with Crippen LogP contribution in [-0.4, -0.2) is 23.7 Å². The van der Waals surface area contributed by atoms with E-state index in [9.17, 15) is 0 Å². The van der Waals surface area contributed by atoms with E-state index in [1.807, 2.05) is 30.5 Å². The predicted molar refractivity (Wildman–Crippen MR) is 72.9 cm³/mol. The number of hydrogen-bond donors (Lipinski definition) is 1. The summed E-state index contributed by atoms with van der Waals surface area (Å²) in [6.45, 7) is 3.01. The van der Waals surface area contributed by atoms with E-state index < -0.39 is 0 Å². The van der Waals surface area contributed by atoms with Crippen molar-refractivity contribution in [3.8, 4) is 5.75 Å². The third-order valence-corrected chi connectivity index (χ3v) is 3.21. The molecule has 1 aliphatic carbocycles. The minimum absolute atomic E-state index is 0.177. The maximum atomic E-state index is 6.00. The van der Waals surface area contributed by atoms with E-state index >= 15 is 0 Å². The molecular weight excluding hydrogens is 224 g/mol. The lowest BCUT2D eigenvalue weighted by atomic mass is 10.2. The summed E-state index contributed by atoms with van der Waals surface area (Å²) in [5.41, 5.74) is 0.984. The van der Waals surface area contributed by atoms with E-state index in [4.69, 9.17) is 4.74 Å². The molecule has 0 amide bonds. The Bertz CT molecular complexity index is 532. The summed E-state index contributed by atoms with van der Waals surface area (Å²) in [5.74, 6) is 0.922. The lowest BCUT2D eigenvalue weighted by Gasteiger charge is -2.16. The second kappa shape index (κ2) is 4.94. The highest BCUT2D eigenvalue weighted by Gasteiger charge is 2.21. The number of fused-ring (bicyclic) bond motifs is 1. The maximum Gasteiger partial charge on any atom is 0.129 e. The molecule has 3 heteroatoms. The summed E-state index contributed by atoms with van der Waals surface area (Å²) in [6.07, 6.45) is 4.61. The first-order chi connectivity index (χ1) is 8.83. The number of aromatic nitrogens is 1. The van der Waals surface area contributed by atoms with Crippen molar-refractivity contribution in [1.29, 1.82) is 0 Å². The van der Waals surface area contributed by atoms with Crippen LogP contribution in [0.15, 0.2) is 36.5 Å². The number of ether oxygens (including phenoxy) is 1. The Labute approximate surface area is 107 Å². The van der Waals surface area contributed by atoms with Gasteiger partial charge in [0, 0.05) is 24.2 Å². The number of hydrogen-bond acceptors (Lipinski definition) is 3. The van der Waals surface area contributed by atoms with Crippen LogP contribution in [0.2, 0.25) is 0 Å². The van der Waals surface area contributed by atoms with E-state index in [2.05, 4.69) is 23.3 Å². The third kappa shape index (κ3) is 2.62. The van der Waals surface area contributed by atoms with Crippen molar-refractivity contribution in [3.63, 3.8) is 0 Å². The van der Waals surface area contributed by atoms with Crippen LogP contribution in [0.3, 0.4) is 0 Å². The van der Waals surface area contributed by atoms with Crippen LogP contribution in [0, 0.1) is 0 Å². The molecule has 1 aromatic heterocycles. The van der Waals surface area contributed by atoms with Crippen LogP contribution < -0.4 is 10.1 Å². The molecule has 0 aliphatic heterocycles. The van der Waals surface area contributed by atoms with Crippen LogP contribution >= 0.6 is 0 Å². The predicted octanol–water partition coefficient (Wildman–Crippen LogP) is 2.75. The number of rotatable bonds is 5. The molecule has 0 saturated heterocycles. The number of nitrogens with one attached hydrogen (secondary N) is 1. The molecule has 0 radical (unpaired) electrons.